The minimum Gasteiger partial charge on any atom is -0.271 e. The van der Waals surface area contributed by atoms with Gasteiger partial charge in [0.25, 0.3) is 0 Å². The molecule has 0 saturated carbocycles. The molecule has 3 heteroatoms. The fraction of sp³-hybridized carbons (Fsp3) is 0.714. The molecule has 2 rings (SSSR count). The van der Waals surface area contributed by atoms with E-state index in [1.165, 1.54) is 37.0 Å². The van der Waals surface area contributed by atoms with E-state index >= 15 is 0 Å². The van der Waals surface area contributed by atoms with Crippen LogP contribution >= 0.6 is 11.3 Å². The van der Waals surface area contributed by atoms with Crippen LogP contribution < -0.4 is 11.3 Å². The minimum absolute atomic E-state index is 0.330. The van der Waals surface area contributed by atoms with E-state index < -0.39 is 0 Å². The maximum Gasteiger partial charge on any atom is 0.0578 e. The maximum absolute atomic E-state index is 5.73. The number of rotatable bonds is 4. The normalized spacial score (nSPS) is 19.5. The molecule has 17 heavy (non-hydrogen) atoms. The summed E-state index contributed by atoms with van der Waals surface area (Å²) in [5.74, 6) is 6.33. The highest BCUT2D eigenvalue weighted by Crippen LogP contribution is 2.35. The van der Waals surface area contributed by atoms with Crippen LogP contribution in [0.15, 0.2) is 6.07 Å². The van der Waals surface area contributed by atoms with Crippen molar-refractivity contribution in [1.82, 2.24) is 5.43 Å². The van der Waals surface area contributed by atoms with Crippen molar-refractivity contribution in [1.29, 1.82) is 0 Å². The van der Waals surface area contributed by atoms with Gasteiger partial charge in [-0.3, -0.25) is 11.3 Å². The zero-order valence-electron chi connectivity index (χ0n) is 11.0. The van der Waals surface area contributed by atoms with Crippen molar-refractivity contribution < 1.29 is 0 Å². The van der Waals surface area contributed by atoms with E-state index in [-0.39, 0.29) is 0 Å². The summed E-state index contributed by atoms with van der Waals surface area (Å²) < 4.78 is 0. The Balaban J connectivity index is 2.21. The molecule has 0 fully saturated rings. The van der Waals surface area contributed by atoms with Gasteiger partial charge in [0.2, 0.25) is 0 Å². The first-order chi connectivity index (χ1) is 8.26. The van der Waals surface area contributed by atoms with E-state index in [0.717, 1.165) is 6.42 Å². The summed E-state index contributed by atoms with van der Waals surface area (Å²) in [5, 5.41) is 0. The third-order valence-electron chi connectivity index (χ3n) is 3.96. The molecule has 0 radical (unpaired) electrons. The molecule has 0 bridgehead atoms. The lowest BCUT2D eigenvalue weighted by Gasteiger charge is -2.20. The first-order valence-corrected chi connectivity index (χ1v) is 7.65. The molecular formula is C14H24N2S. The number of hydrazine groups is 1. The minimum atomic E-state index is 0.330. The fourth-order valence-corrected chi connectivity index (χ4v) is 4.06. The van der Waals surface area contributed by atoms with E-state index in [4.69, 9.17) is 5.84 Å². The first kappa shape index (κ1) is 13.1. The molecule has 0 saturated heterocycles. The molecule has 1 aromatic rings. The van der Waals surface area contributed by atoms with Crippen molar-refractivity contribution in [3.05, 3.63) is 21.4 Å². The van der Waals surface area contributed by atoms with Gasteiger partial charge in [-0.25, -0.2) is 0 Å². The quantitative estimate of drug-likeness (QED) is 0.488. The number of nitrogens with two attached hydrogens (primary N) is 1. The second-order valence-electron chi connectivity index (χ2n) is 5.19. The van der Waals surface area contributed by atoms with Gasteiger partial charge in [-0.05, 0) is 43.2 Å². The van der Waals surface area contributed by atoms with Crippen molar-refractivity contribution in [2.45, 2.75) is 58.4 Å². The molecule has 1 aliphatic rings. The second-order valence-corrected chi connectivity index (χ2v) is 6.36. The van der Waals surface area contributed by atoms with E-state index in [1.807, 2.05) is 11.3 Å². The zero-order valence-corrected chi connectivity index (χ0v) is 11.8. The summed E-state index contributed by atoms with van der Waals surface area (Å²) >= 11 is 1.98. The molecule has 1 aromatic heterocycles. The number of hydrogen-bond acceptors (Lipinski definition) is 3. The Hall–Kier alpha value is -0.380. The molecule has 0 aliphatic heterocycles. The van der Waals surface area contributed by atoms with Gasteiger partial charge < -0.3 is 0 Å². The lowest BCUT2D eigenvalue weighted by Crippen LogP contribution is -2.31. The molecule has 1 heterocycles. The summed E-state index contributed by atoms with van der Waals surface area (Å²) in [7, 11) is 0. The predicted octanol–water partition coefficient (Wildman–Crippen LogP) is 3.57. The average molecular weight is 252 g/mol. The largest absolute Gasteiger partial charge is 0.271 e. The SMILES string of the molecule is CCC(C)C(NN)c1cc2c(s1)CCCCC2. The van der Waals surface area contributed by atoms with Gasteiger partial charge in [0.1, 0.15) is 0 Å². The van der Waals surface area contributed by atoms with Gasteiger partial charge >= 0.3 is 0 Å². The molecule has 0 amide bonds. The summed E-state index contributed by atoms with van der Waals surface area (Å²) in [6, 6.07) is 2.74. The van der Waals surface area contributed by atoms with Crippen LogP contribution in [0.5, 0.6) is 0 Å². The molecule has 3 N–H and O–H groups in total. The lowest BCUT2D eigenvalue weighted by molar-refractivity contribution is 0.388. The number of aryl methyl sites for hydroxylation is 2. The van der Waals surface area contributed by atoms with Crippen LogP contribution in [0.25, 0.3) is 0 Å². The molecule has 2 atom stereocenters. The summed E-state index contributed by atoms with van der Waals surface area (Å²) in [6.07, 6.45) is 7.81. The number of fused-ring (bicyclic) bond motifs is 1. The Morgan fingerprint density at radius 2 is 2.12 bits per heavy atom. The van der Waals surface area contributed by atoms with E-state index in [9.17, 15) is 0 Å². The predicted molar refractivity (Wildman–Crippen MR) is 75.1 cm³/mol. The molecular weight excluding hydrogens is 228 g/mol. The van der Waals surface area contributed by atoms with Gasteiger partial charge in [0.05, 0.1) is 6.04 Å². The van der Waals surface area contributed by atoms with Crippen LogP contribution in [0.3, 0.4) is 0 Å². The standard InChI is InChI=1S/C14H24N2S/c1-3-10(2)14(16-15)13-9-11-7-5-4-6-8-12(11)17-13/h9-10,14,16H,3-8,15H2,1-2H3. The Bertz CT molecular complexity index is 336. The highest BCUT2D eigenvalue weighted by Gasteiger charge is 2.21. The van der Waals surface area contributed by atoms with Gasteiger partial charge in [-0.2, -0.15) is 0 Å². The maximum atomic E-state index is 5.73. The third kappa shape index (κ3) is 2.90. The highest BCUT2D eigenvalue weighted by atomic mass is 32.1. The molecule has 2 nitrogen and oxygen atoms in total. The molecule has 2 unspecified atom stereocenters. The summed E-state index contributed by atoms with van der Waals surface area (Å²) in [6.45, 7) is 4.50. The average Bonchev–Trinajstić information content (AvgIpc) is 2.61. The topological polar surface area (TPSA) is 38.0 Å². The van der Waals surface area contributed by atoms with Crippen molar-refractivity contribution in [3.63, 3.8) is 0 Å². The molecule has 96 valence electrons. The summed E-state index contributed by atoms with van der Waals surface area (Å²) in [5.41, 5.74) is 4.59. The van der Waals surface area contributed by atoms with Crippen LogP contribution in [0, 0.1) is 5.92 Å². The Morgan fingerprint density at radius 3 is 2.82 bits per heavy atom. The van der Waals surface area contributed by atoms with Gasteiger partial charge in [0.15, 0.2) is 0 Å². The molecule has 0 spiro atoms. The first-order valence-electron chi connectivity index (χ1n) is 6.83. The van der Waals surface area contributed by atoms with Crippen LogP contribution in [-0.2, 0) is 12.8 Å². The third-order valence-corrected chi connectivity index (χ3v) is 5.28. The van der Waals surface area contributed by atoms with Gasteiger partial charge in [0, 0.05) is 9.75 Å². The lowest BCUT2D eigenvalue weighted by atomic mass is 9.97. The van der Waals surface area contributed by atoms with E-state index in [0.29, 0.717) is 12.0 Å². The van der Waals surface area contributed by atoms with Crippen LogP contribution in [-0.4, -0.2) is 0 Å². The Kier molecular flexibility index (Phi) is 4.60. The Labute approximate surface area is 109 Å². The van der Waals surface area contributed by atoms with Crippen LogP contribution in [0.1, 0.15) is 60.9 Å². The van der Waals surface area contributed by atoms with Crippen LogP contribution in [0.4, 0.5) is 0 Å². The number of thiophene rings is 1. The molecule has 0 aromatic carbocycles. The van der Waals surface area contributed by atoms with Crippen molar-refractivity contribution in [3.8, 4) is 0 Å². The van der Waals surface area contributed by atoms with Crippen molar-refractivity contribution in [2.24, 2.45) is 11.8 Å². The van der Waals surface area contributed by atoms with Crippen molar-refractivity contribution >= 4 is 11.3 Å². The van der Waals surface area contributed by atoms with E-state index in [2.05, 4.69) is 25.3 Å². The smallest absolute Gasteiger partial charge is 0.0578 e. The summed E-state index contributed by atoms with van der Waals surface area (Å²) in [4.78, 5) is 3.05. The second kappa shape index (κ2) is 5.98. The van der Waals surface area contributed by atoms with Crippen LogP contribution in [0.2, 0.25) is 0 Å². The molecule has 1 aliphatic carbocycles. The number of nitrogens with one attached hydrogen (secondary N) is 1. The van der Waals surface area contributed by atoms with Gasteiger partial charge in [-0.1, -0.05) is 26.7 Å². The fourth-order valence-electron chi connectivity index (χ4n) is 2.61. The van der Waals surface area contributed by atoms with Crippen molar-refractivity contribution in [2.75, 3.05) is 0 Å². The van der Waals surface area contributed by atoms with E-state index in [1.54, 1.807) is 10.4 Å². The van der Waals surface area contributed by atoms with Gasteiger partial charge in [-0.15, -0.1) is 11.3 Å². The number of hydrogen-bond donors (Lipinski definition) is 2. The highest BCUT2D eigenvalue weighted by molar-refractivity contribution is 7.12. The monoisotopic (exact) mass is 252 g/mol. The zero-order chi connectivity index (χ0) is 12.3. The Morgan fingerprint density at radius 1 is 1.35 bits per heavy atom.